The Bertz CT molecular complexity index is 416. The van der Waals surface area contributed by atoms with Gasteiger partial charge in [0.15, 0.2) is 0 Å². The molecule has 0 aromatic carbocycles. The van der Waals surface area contributed by atoms with E-state index < -0.39 is 0 Å². The van der Waals surface area contributed by atoms with Crippen LogP contribution in [-0.4, -0.2) is 5.84 Å². The van der Waals surface area contributed by atoms with Crippen molar-refractivity contribution in [3.05, 3.63) is 21.9 Å². The van der Waals surface area contributed by atoms with Crippen molar-refractivity contribution in [1.82, 2.24) is 0 Å². The molecule has 2 aliphatic rings. The first-order valence-electron chi connectivity index (χ1n) is 6.74. The Labute approximate surface area is 107 Å². The van der Waals surface area contributed by atoms with Crippen LogP contribution in [0.15, 0.2) is 16.4 Å². The van der Waals surface area contributed by atoms with Gasteiger partial charge in [0, 0.05) is 10.8 Å². The largest absolute Gasteiger partial charge is 0.387 e. The molecule has 1 aromatic rings. The number of thiophene rings is 1. The minimum Gasteiger partial charge on any atom is -0.387 e. The van der Waals surface area contributed by atoms with Crippen LogP contribution in [0, 0.1) is 5.92 Å². The minimum atomic E-state index is 0.352. The Morgan fingerprint density at radius 3 is 2.88 bits per heavy atom. The molecule has 0 aliphatic heterocycles. The highest BCUT2D eigenvalue weighted by Crippen LogP contribution is 2.36. The van der Waals surface area contributed by atoms with Gasteiger partial charge in [-0.1, -0.05) is 12.8 Å². The summed E-state index contributed by atoms with van der Waals surface area (Å²) >= 11 is 1.88. The summed E-state index contributed by atoms with van der Waals surface area (Å²) in [4.78, 5) is 6.36. The van der Waals surface area contributed by atoms with Gasteiger partial charge < -0.3 is 5.73 Å². The van der Waals surface area contributed by atoms with Crippen molar-refractivity contribution in [2.45, 2.75) is 51.0 Å². The highest BCUT2D eigenvalue weighted by atomic mass is 32.1. The summed E-state index contributed by atoms with van der Waals surface area (Å²) < 4.78 is 0. The molecule has 0 amide bonds. The summed E-state index contributed by atoms with van der Waals surface area (Å²) in [6, 6.07) is 2.60. The number of hydrogen-bond donors (Lipinski definition) is 1. The third kappa shape index (κ3) is 2.25. The van der Waals surface area contributed by atoms with Gasteiger partial charge in [-0.2, -0.15) is 0 Å². The average molecular weight is 248 g/mol. The molecule has 0 radical (unpaired) electrons. The van der Waals surface area contributed by atoms with Crippen molar-refractivity contribution < 1.29 is 0 Å². The molecule has 3 heteroatoms. The van der Waals surface area contributed by atoms with Crippen LogP contribution in [0.5, 0.6) is 0 Å². The van der Waals surface area contributed by atoms with E-state index in [2.05, 4.69) is 11.4 Å². The number of fused-ring (bicyclic) bond motifs is 1. The molecule has 17 heavy (non-hydrogen) atoms. The van der Waals surface area contributed by atoms with Crippen LogP contribution in [0.25, 0.3) is 0 Å². The molecule has 1 unspecified atom stereocenters. The predicted octanol–water partition coefficient (Wildman–Crippen LogP) is 3.67. The molecule has 2 nitrogen and oxygen atoms in total. The van der Waals surface area contributed by atoms with Crippen molar-refractivity contribution in [2.75, 3.05) is 0 Å². The fourth-order valence-corrected chi connectivity index (χ4v) is 4.08. The smallest absolute Gasteiger partial charge is 0.0976 e. The fraction of sp³-hybridized carbons (Fsp3) is 0.643. The average Bonchev–Trinajstić information content (AvgIpc) is 3.00. The zero-order valence-corrected chi connectivity index (χ0v) is 11.0. The van der Waals surface area contributed by atoms with Gasteiger partial charge >= 0.3 is 0 Å². The monoisotopic (exact) mass is 248 g/mol. The Morgan fingerprint density at radius 1 is 1.24 bits per heavy atom. The van der Waals surface area contributed by atoms with Gasteiger partial charge in [0.1, 0.15) is 0 Å². The van der Waals surface area contributed by atoms with Crippen LogP contribution in [0.4, 0.5) is 0 Å². The molecule has 0 bridgehead atoms. The summed E-state index contributed by atoms with van der Waals surface area (Å²) in [6.07, 6.45) is 8.83. The number of amidine groups is 1. The molecule has 1 saturated carbocycles. The van der Waals surface area contributed by atoms with Crippen LogP contribution in [-0.2, 0) is 6.42 Å². The lowest BCUT2D eigenvalue weighted by Crippen LogP contribution is -2.23. The first-order valence-corrected chi connectivity index (χ1v) is 7.62. The quantitative estimate of drug-likeness (QED) is 0.629. The standard InChI is InChI=1S/C14H20N2S/c15-14(10-4-1-2-5-10)16-12-6-3-7-13-11(12)8-9-17-13/h8-10,12H,1-7H2,(H2,15,16). The van der Waals surface area contributed by atoms with Crippen LogP contribution in [0.1, 0.15) is 55.0 Å². The second kappa shape index (κ2) is 4.81. The molecule has 2 N–H and O–H groups in total. The third-order valence-corrected chi connectivity index (χ3v) is 5.10. The van der Waals surface area contributed by atoms with Crippen molar-refractivity contribution >= 4 is 17.2 Å². The van der Waals surface area contributed by atoms with E-state index >= 15 is 0 Å². The van der Waals surface area contributed by atoms with E-state index in [1.54, 1.807) is 0 Å². The van der Waals surface area contributed by atoms with E-state index in [4.69, 9.17) is 10.7 Å². The zero-order valence-electron chi connectivity index (χ0n) is 10.2. The van der Waals surface area contributed by atoms with Gasteiger partial charge in [0.05, 0.1) is 11.9 Å². The van der Waals surface area contributed by atoms with E-state index in [9.17, 15) is 0 Å². The van der Waals surface area contributed by atoms with Crippen molar-refractivity contribution in [3.63, 3.8) is 0 Å². The summed E-state index contributed by atoms with van der Waals surface area (Å²) in [7, 11) is 0. The van der Waals surface area contributed by atoms with E-state index in [1.165, 1.54) is 55.4 Å². The van der Waals surface area contributed by atoms with E-state index in [1.807, 2.05) is 11.3 Å². The van der Waals surface area contributed by atoms with Crippen molar-refractivity contribution in [3.8, 4) is 0 Å². The summed E-state index contributed by atoms with van der Waals surface area (Å²) in [5.74, 6) is 1.49. The van der Waals surface area contributed by atoms with Gasteiger partial charge in [-0.3, -0.25) is 4.99 Å². The molecule has 3 rings (SSSR count). The molecule has 1 aromatic heterocycles. The van der Waals surface area contributed by atoms with Gasteiger partial charge in [0.25, 0.3) is 0 Å². The zero-order chi connectivity index (χ0) is 11.7. The molecule has 92 valence electrons. The number of aryl methyl sites for hydroxylation is 1. The second-order valence-electron chi connectivity index (χ2n) is 5.24. The van der Waals surface area contributed by atoms with Gasteiger partial charge in [-0.15, -0.1) is 11.3 Å². The number of aliphatic imine (C=N–C) groups is 1. The maximum Gasteiger partial charge on any atom is 0.0976 e. The fourth-order valence-electron chi connectivity index (χ4n) is 3.10. The maximum atomic E-state index is 6.19. The predicted molar refractivity (Wildman–Crippen MR) is 73.6 cm³/mol. The first kappa shape index (κ1) is 11.3. The molecular weight excluding hydrogens is 228 g/mol. The normalized spacial score (nSPS) is 26.1. The first-order chi connectivity index (χ1) is 8.34. The summed E-state index contributed by atoms with van der Waals surface area (Å²) in [5, 5.41) is 2.20. The second-order valence-corrected chi connectivity index (χ2v) is 6.24. The molecule has 2 aliphatic carbocycles. The van der Waals surface area contributed by atoms with Crippen LogP contribution < -0.4 is 5.73 Å². The van der Waals surface area contributed by atoms with E-state index in [0.717, 1.165) is 5.84 Å². The maximum absolute atomic E-state index is 6.19. The lowest BCUT2D eigenvalue weighted by Gasteiger charge is -2.20. The highest BCUT2D eigenvalue weighted by molar-refractivity contribution is 7.10. The SMILES string of the molecule is NC(=NC1CCCc2sccc21)C1CCCC1. The molecule has 0 saturated heterocycles. The molecule has 0 spiro atoms. The summed E-state index contributed by atoms with van der Waals surface area (Å²) in [6.45, 7) is 0. The Hall–Kier alpha value is -0.830. The third-order valence-electron chi connectivity index (χ3n) is 4.10. The number of rotatable bonds is 2. The van der Waals surface area contributed by atoms with Crippen molar-refractivity contribution in [1.29, 1.82) is 0 Å². The summed E-state index contributed by atoms with van der Waals surface area (Å²) in [5.41, 5.74) is 7.64. The molecule has 1 atom stereocenters. The van der Waals surface area contributed by atoms with Gasteiger partial charge in [-0.25, -0.2) is 0 Å². The topological polar surface area (TPSA) is 38.4 Å². The Kier molecular flexibility index (Phi) is 3.19. The van der Waals surface area contributed by atoms with E-state index in [-0.39, 0.29) is 0 Å². The number of hydrogen-bond acceptors (Lipinski definition) is 2. The lowest BCUT2D eigenvalue weighted by molar-refractivity contribution is 0.572. The Balaban J connectivity index is 1.79. The van der Waals surface area contributed by atoms with Crippen molar-refractivity contribution in [2.24, 2.45) is 16.6 Å². The minimum absolute atomic E-state index is 0.352. The molecule has 1 heterocycles. The molecular formula is C14H20N2S. The van der Waals surface area contributed by atoms with E-state index in [0.29, 0.717) is 12.0 Å². The van der Waals surface area contributed by atoms with Gasteiger partial charge in [-0.05, 0) is 49.1 Å². The Morgan fingerprint density at radius 2 is 2.06 bits per heavy atom. The van der Waals surface area contributed by atoms with Crippen LogP contribution in [0.3, 0.4) is 0 Å². The highest BCUT2D eigenvalue weighted by Gasteiger charge is 2.23. The lowest BCUT2D eigenvalue weighted by atomic mass is 9.94. The van der Waals surface area contributed by atoms with Crippen LogP contribution >= 0.6 is 11.3 Å². The van der Waals surface area contributed by atoms with Crippen LogP contribution in [0.2, 0.25) is 0 Å². The number of nitrogens with zero attached hydrogens (tertiary/aromatic N) is 1. The molecule has 1 fully saturated rings. The van der Waals surface area contributed by atoms with Gasteiger partial charge in [0.2, 0.25) is 0 Å². The number of nitrogens with two attached hydrogens (primary N) is 1.